The SMILES string of the molecule is Cc1ccc(C)c(OCCN2C(=O)S/C(=C\c3ccsc3)C2=O)c1. The van der Waals surface area contributed by atoms with Gasteiger partial charge in [0.05, 0.1) is 11.4 Å². The van der Waals surface area contributed by atoms with E-state index in [-0.39, 0.29) is 24.3 Å². The number of ether oxygens (including phenoxy) is 1. The van der Waals surface area contributed by atoms with E-state index < -0.39 is 0 Å². The van der Waals surface area contributed by atoms with Gasteiger partial charge in [-0.2, -0.15) is 11.3 Å². The molecule has 0 atom stereocenters. The summed E-state index contributed by atoms with van der Waals surface area (Å²) in [4.78, 5) is 26.1. The minimum Gasteiger partial charge on any atom is -0.491 e. The molecule has 1 fully saturated rings. The van der Waals surface area contributed by atoms with Gasteiger partial charge in [-0.3, -0.25) is 14.5 Å². The fourth-order valence-corrected chi connectivity index (χ4v) is 3.79. The lowest BCUT2D eigenvalue weighted by atomic mass is 10.1. The second-order valence-electron chi connectivity index (χ2n) is 5.51. The molecule has 124 valence electrons. The number of thiophene rings is 1. The van der Waals surface area contributed by atoms with Crippen LogP contribution in [0.4, 0.5) is 4.79 Å². The lowest BCUT2D eigenvalue weighted by molar-refractivity contribution is -0.123. The molecular weight excluding hydrogens is 342 g/mol. The fraction of sp³-hybridized carbons (Fsp3) is 0.222. The van der Waals surface area contributed by atoms with Gasteiger partial charge in [-0.25, -0.2) is 0 Å². The second-order valence-corrected chi connectivity index (χ2v) is 7.28. The van der Waals surface area contributed by atoms with Gasteiger partial charge in [0.1, 0.15) is 12.4 Å². The highest BCUT2D eigenvalue weighted by Crippen LogP contribution is 2.32. The van der Waals surface area contributed by atoms with Gasteiger partial charge in [0.15, 0.2) is 0 Å². The molecule has 1 aromatic carbocycles. The van der Waals surface area contributed by atoms with Crippen LogP contribution in [0.25, 0.3) is 6.08 Å². The first-order valence-corrected chi connectivity index (χ1v) is 9.28. The average Bonchev–Trinajstić information content (AvgIpc) is 3.14. The summed E-state index contributed by atoms with van der Waals surface area (Å²) in [6.45, 7) is 4.50. The molecule has 0 spiro atoms. The lowest BCUT2D eigenvalue weighted by Gasteiger charge is -2.14. The number of carbonyl (C=O) groups excluding carboxylic acids is 2. The van der Waals surface area contributed by atoms with Gasteiger partial charge in [-0.1, -0.05) is 12.1 Å². The molecule has 1 saturated heterocycles. The van der Waals surface area contributed by atoms with E-state index in [1.807, 2.05) is 48.9 Å². The number of hydrogen-bond donors (Lipinski definition) is 0. The molecule has 0 saturated carbocycles. The zero-order chi connectivity index (χ0) is 17.1. The minimum absolute atomic E-state index is 0.244. The van der Waals surface area contributed by atoms with Crippen molar-refractivity contribution in [3.63, 3.8) is 0 Å². The number of imide groups is 1. The molecule has 0 radical (unpaired) electrons. The number of amides is 2. The molecule has 1 aliphatic rings. The Labute approximate surface area is 149 Å². The monoisotopic (exact) mass is 359 g/mol. The Kier molecular flexibility index (Phi) is 5.06. The van der Waals surface area contributed by atoms with Gasteiger partial charge >= 0.3 is 0 Å². The van der Waals surface area contributed by atoms with Crippen LogP contribution in [-0.4, -0.2) is 29.2 Å². The van der Waals surface area contributed by atoms with E-state index in [4.69, 9.17) is 4.74 Å². The molecule has 2 amide bonds. The molecule has 0 N–H and O–H groups in total. The zero-order valence-corrected chi connectivity index (χ0v) is 15.1. The van der Waals surface area contributed by atoms with Crippen molar-refractivity contribution in [2.45, 2.75) is 13.8 Å². The number of aryl methyl sites for hydroxylation is 2. The van der Waals surface area contributed by atoms with Crippen LogP contribution in [0.2, 0.25) is 0 Å². The van der Waals surface area contributed by atoms with Gasteiger partial charge in [-0.05, 0) is 71.3 Å². The zero-order valence-electron chi connectivity index (χ0n) is 13.4. The van der Waals surface area contributed by atoms with E-state index in [1.54, 1.807) is 17.4 Å². The highest BCUT2D eigenvalue weighted by Gasteiger charge is 2.34. The maximum atomic E-state index is 12.4. The Morgan fingerprint density at radius 2 is 2.04 bits per heavy atom. The van der Waals surface area contributed by atoms with Gasteiger partial charge in [-0.15, -0.1) is 0 Å². The number of rotatable bonds is 5. The van der Waals surface area contributed by atoms with Crippen molar-refractivity contribution >= 4 is 40.3 Å². The predicted molar refractivity (Wildman–Crippen MR) is 98.4 cm³/mol. The minimum atomic E-state index is -0.249. The van der Waals surface area contributed by atoms with E-state index >= 15 is 0 Å². The van der Waals surface area contributed by atoms with Gasteiger partial charge < -0.3 is 4.74 Å². The van der Waals surface area contributed by atoms with Crippen molar-refractivity contribution in [3.05, 3.63) is 56.6 Å². The maximum absolute atomic E-state index is 12.4. The third-order valence-corrected chi connectivity index (χ3v) is 5.24. The van der Waals surface area contributed by atoms with Crippen LogP contribution < -0.4 is 4.74 Å². The van der Waals surface area contributed by atoms with E-state index in [0.29, 0.717) is 4.91 Å². The standard InChI is InChI=1S/C18H17NO3S2/c1-12-3-4-13(2)15(9-12)22-7-6-19-17(20)16(24-18(19)21)10-14-5-8-23-11-14/h3-5,8-11H,6-7H2,1-2H3/b16-10-. The van der Waals surface area contributed by atoms with Crippen LogP contribution >= 0.6 is 23.1 Å². The average molecular weight is 359 g/mol. The van der Waals surface area contributed by atoms with Gasteiger partial charge in [0.25, 0.3) is 11.1 Å². The molecule has 6 heteroatoms. The number of thioether (sulfide) groups is 1. The van der Waals surface area contributed by atoms with E-state index in [0.717, 1.165) is 34.2 Å². The van der Waals surface area contributed by atoms with Crippen molar-refractivity contribution in [1.29, 1.82) is 0 Å². The fourth-order valence-electron chi connectivity index (χ4n) is 2.31. The molecule has 0 unspecified atom stereocenters. The van der Waals surface area contributed by atoms with Crippen LogP contribution in [0.3, 0.4) is 0 Å². The van der Waals surface area contributed by atoms with Gasteiger partial charge in [0, 0.05) is 0 Å². The summed E-state index contributed by atoms with van der Waals surface area (Å²) in [6, 6.07) is 7.89. The Balaban J connectivity index is 1.62. The third-order valence-electron chi connectivity index (χ3n) is 3.63. The Morgan fingerprint density at radius 1 is 1.21 bits per heavy atom. The molecule has 3 rings (SSSR count). The van der Waals surface area contributed by atoms with Crippen molar-refractivity contribution in [3.8, 4) is 5.75 Å². The summed E-state index contributed by atoms with van der Waals surface area (Å²) >= 11 is 2.54. The molecule has 2 aromatic rings. The third kappa shape index (κ3) is 3.71. The number of benzene rings is 1. The highest BCUT2D eigenvalue weighted by molar-refractivity contribution is 8.18. The first-order valence-electron chi connectivity index (χ1n) is 7.52. The second kappa shape index (κ2) is 7.23. The van der Waals surface area contributed by atoms with Crippen LogP contribution in [0.1, 0.15) is 16.7 Å². The molecular formula is C18H17NO3S2. The molecule has 0 aliphatic carbocycles. The van der Waals surface area contributed by atoms with Crippen LogP contribution in [0.15, 0.2) is 39.9 Å². The van der Waals surface area contributed by atoms with Crippen LogP contribution in [0.5, 0.6) is 5.75 Å². The summed E-state index contributed by atoms with van der Waals surface area (Å²) in [7, 11) is 0. The summed E-state index contributed by atoms with van der Waals surface area (Å²) in [5.74, 6) is 0.538. The van der Waals surface area contributed by atoms with E-state index in [1.165, 1.54) is 4.90 Å². The molecule has 1 aromatic heterocycles. The number of nitrogens with zero attached hydrogens (tertiary/aromatic N) is 1. The summed E-state index contributed by atoms with van der Waals surface area (Å²) < 4.78 is 5.74. The largest absolute Gasteiger partial charge is 0.491 e. The normalized spacial score (nSPS) is 16.2. The predicted octanol–water partition coefficient (Wildman–Crippen LogP) is 4.48. The summed E-state index contributed by atoms with van der Waals surface area (Å²) in [6.07, 6.45) is 1.76. The molecule has 24 heavy (non-hydrogen) atoms. The Hall–Kier alpha value is -2.05. The quantitative estimate of drug-likeness (QED) is 0.739. The van der Waals surface area contributed by atoms with Crippen molar-refractivity contribution in [2.24, 2.45) is 0 Å². The van der Waals surface area contributed by atoms with E-state index in [9.17, 15) is 9.59 Å². The van der Waals surface area contributed by atoms with Crippen LogP contribution in [0, 0.1) is 13.8 Å². The van der Waals surface area contributed by atoms with Crippen molar-refractivity contribution in [1.82, 2.24) is 4.90 Å². The number of hydrogen-bond acceptors (Lipinski definition) is 5. The van der Waals surface area contributed by atoms with Crippen molar-refractivity contribution < 1.29 is 14.3 Å². The molecule has 4 nitrogen and oxygen atoms in total. The maximum Gasteiger partial charge on any atom is 0.293 e. The molecule has 0 bridgehead atoms. The number of carbonyl (C=O) groups is 2. The topological polar surface area (TPSA) is 46.6 Å². The van der Waals surface area contributed by atoms with Gasteiger partial charge in [0.2, 0.25) is 0 Å². The smallest absolute Gasteiger partial charge is 0.293 e. The first-order chi connectivity index (χ1) is 11.5. The first kappa shape index (κ1) is 16.8. The van der Waals surface area contributed by atoms with Crippen molar-refractivity contribution in [2.75, 3.05) is 13.2 Å². The van der Waals surface area contributed by atoms with E-state index in [2.05, 4.69) is 0 Å². The summed E-state index contributed by atoms with van der Waals surface area (Å²) in [5.41, 5.74) is 3.09. The summed E-state index contributed by atoms with van der Waals surface area (Å²) in [5, 5.41) is 3.64. The Morgan fingerprint density at radius 3 is 2.79 bits per heavy atom. The van der Waals surface area contributed by atoms with Crippen LogP contribution in [-0.2, 0) is 4.79 Å². The Bertz CT molecular complexity index is 797. The lowest BCUT2D eigenvalue weighted by Crippen LogP contribution is -2.32. The highest BCUT2D eigenvalue weighted by atomic mass is 32.2. The molecule has 2 heterocycles. The molecule has 1 aliphatic heterocycles.